The van der Waals surface area contributed by atoms with Crippen LogP contribution in [-0.4, -0.2) is 19.9 Å². The predicted octanol–water partition coefficient (Wildman–Crippen LogP) is 4.06. The van der Waals surface area contributed by atoms with E-state index in [0.717, 1.165) is 0 Å². The quantitative estimate of drug-likeness (QED) is 0.684. The highest BCUT2D eigenvalue weighted by molar-refractivity contribution is 5.83. The Morgan fingerprint density at radius 2 is 1.65 bits per heavy atom. The largest absolute Gasteiger partial charge is 0.418 e. The summed E-state index contributed by atoms with van der Waals surface area (Å²) < 4.78 is 77.5. The van der Waals surface area contributed by atoms with Gasteiger partial charge in [-0.25, -0.2) is 9.97 Å². The highest BCUT2D eigenvalue weighted by Crippen LogP contribution is 2.39. The summed E-state index contributed by atoms with van der Waals surface area (Å²) in [5.74, 6) is -0.0991. The minimum atomic E-state index is -4.98. The topological polar surface area (TPSA) is 54.5 Å². The molecule has 3 aromatic rings. The molecule has 4 nitrogen and oxygen atoms in total. The lowest BCUT2D eigenvalue weighted by Crippen LogP contribution is -2.11. The standard InChI is InChI=1S/C13H6F6N4/c14-12(15,16)6-3-7(13(17,18)19)10-8(4-6)22-11(23-10)9-5-20-1-2-21-9/h1-5H,(H,22,23). The molecule has 0 aliphatic carbocycles. The van der Waals surface area contributed by atoms with E-state index in [1.54, 1.807) is 0 Å². The first-order valence-corrected chi connectivity index (χ1v) is 6.11. The number of nitrogens with zero attached hydrogens (tertiary/aromatic N) is 3. The van der Waals surface area contributed by atoms with E-state index in [1.165, 1.54) is 18.6 Å². The number of aromatic amines is 1. The molecule has 0 spiro atoms. The predicted molar refractivity (Wildman–Crippen MR) is 67.1 cm³/mol. The molecule has 0 aliphatic heterocycles. The first-order chi connectivity index (χ1) is 10.7. The summed E-state index contributed by atoms with van der Waals surface area (Å²) in [5.41, 5.74) is -3.75. The highest BCUT2D eigenvalue weighted by Gasteiger charge is 2.39. The molecule has 0 unspecified atom stereocenters. The number of imidazole rings is 1. The number of fused-ring (bicyclic) bond motifs is 1. The van der Waals surface area contributed by atoms with E-state index in [2.05, 4.69) is 19.9 Å². The Hall–Kier alpha value is -2.65. The highest BCUT2D eigenvalue weighted by atomic mass is 19.4. The second-order valence-corrected chi connectivity index (χ2v) is 4.59. The second-order valence-electron chi connectivity index (χ2n) is 4.59. The van der Waals surface area contributed by atoms with Crippen molar-refractivity contribution < 1.29 is 26.3 Å². The number of hydrogen-bond acceptors (Lipinski definition) is 3. The van der Waals surface area contributed by atoms with Gasteiger partial charge in [0, 0.05) is 12.4 Å². The zero-order valence-electron chi connectivity index (χ0n) is 11.0. The summed E-state index contributed by atoms with van der Waals surface area (Å²) in [6, 6.07) is 0.626. The Morgan fingerprint density at radius 3 is 2.22 bits per heavy atom. The van der Waals surface area contributed by atoms with E-state index in [9.17, 15) is 26.3 Å². The van der Waals surface area contributed by atoms with Crippen LogP contribution >= 0.6 is 0 Å². The van der Waals surface area contributed by atoms with Gasteiger partial charge < -0.3 is 4.98 Å². The van der Waals surface area contributed by atoms with Crippen LogP contribution in [0.3, 0.4) is 0 Å². The van der Waals surface area contributed by atoms with E-state index >= 15 is 0 Å². The van der Waals surface area contributed by atoms with Crippen LogP contribution in [0.2, 0.25) is 0 Å². The van der Waals surface area contributed by atoms with Crippen LogP contribution in [-0.2, 0) is 12.4 Å². The maximum atomic E-state index is 13.0. The van der Waals surface area contributed by atoms with Crippen molar-refractivity contribution in [1.82, 2.24) is 19.9 Å². The van der Waals surface area contributed by atoms with Gasteiger partial charge in [-0.05, 0) is 12.1 Å². The Balaban J connectivity index is 2.28. The van der Waals surface area contributed by atoms with Crippen LogP contribution in [0.4, 0.5) is 26.3 Å². The molecule has 1 aromatic carbocycles. The zero-order valence-corrected chi connectivity index (χ0v) is 11.0. The van der Waals surface area contributed by atoms with Crippen molar-refractivity contribution in [1.29, 1.82) is 0 Å². The lowest BCUT2D eigenvalue weighted by atomic mass is 10.1. The fraction of sp³-hybridized carbons (Fsp3) is 0.154. The molecule has 0 fully saturated rings. The molecule has 0 amide bonds. The van der Waals surface area contributed by atoms with Gasteiger partial charge in [0.05, 0.1) is 22.8 Å². The summed E-state index contributed by atoms with van der Waals surface area (Å²) in [5, 5.41) is 0. The molecule has 0 saturated heterocycles. The molecule has 0 aliphatic rings. The van der Waals surface area contributed by atoms with Crippen LogP contribution in [0.5, 0.6) is 0 Å². The number of halogens is 6. The van der Waals surface area contributed by atoms with Crippen molar-refractivity contribution in [2.45, 2.75) is 12.4 Å². The maximum absolute atomic E-state index is 13.0. The summed E-state index contributed by atoms with van der Waals surface area (Å²) in [6.45, 7) is 0. The van der Waals surface area contributed by atoms with Crippen LogP contribution in [0.25, 0.3) is 22.6 Å². The van der Waals surface area contributed by atoms with Crippen molar-refractivity contribution in [2.24, 2.45) is 0 Å². The fourth-order valence-corrected chi connectivity index (χ4v) is 2.04. The number of aromatic nitrogens is 4. The third kappa shape index (κ3) is 2.83. The fourth-order valence-electron chi connectivity index (χ4n) is 2.04. The van der Waals surface area contributed by atoms with Crippen molar-refractivity contribution >= 4 is 11.0 Å². The van der Waals surface area contributed by atoms with Crippen molar-refractivity contribution in [3.05, 3.63) is 41.9 Å². The Labute approximate surface area is 124 Å². The molecule has 3 rings (SSSR count). The summed E-state index contributed by atoms with van der Waals surface area (Å²) in [7, 11) is 0. The monoisotopic (exact) mass is 332 g/mol. The van der Waals surface area contributed by atoms with E-state index in [1.807, 2.05) is 0 Å². The molecule has 1 N–H and O–H groups in total. The Kier molecular flexibility index (Phi) is 3.27. The third-order valence-corrected chi connectivity index (χ3v) is 3.03. The molecule has 23 heavy (non-hydrogen) atoms. The smallest absolute Gasteiger partial charge is 0.337 e. The van der Waals surface area contributed by atoms with Gasteiger partial charge in [0.15, 0.2) is 5.82 Å². The van der Waals surface area contributed by atoms with Crippen LogP contribution in [0.1, 0.15) is 11.1 Å². The van der Waals surface area contributed by atoms with E-state index < -0.39 is 29.0 Å². The number of alkyl halides is 6. The van der Waals surface area contributed by atoms with Gasteiger partial charge in [0.1, 0.15) is 11.2 Å². The Bertz CT molecular complexity index is 851. The zero-order chi connectivity index (χ0) is 16.8. The number of rotatable bonds is 1. The van der Waals surface area contributed by atoms with E-state index in [0.29, 0.717) is 6.07 Å². The third-order valence-electron chi connectivity index (χ3n) is 3.03. The minimum Gasteiger partial charge on any atom is -0.337 e. The molecule has 0 atom stereocenters. The van der Waals surface area contributed by atoms with Gasteiger partial charge in [-0.15, -0.1) is 0 Å². The maximum Gasteiger partial charge on any atom is 0.418 e. The SMILES string of the molecule is FC(F)(F)c1cc(C(F)(F)F)c2nc(-c3cnccn3)[nH]c2c1. The lowest BCUT2D eigenvalue weighted by molar-refractivity contribution is -0.142. The second kappa shape index (κ2) is 4.93. The van der Waals surface area contributed by atoms with Gasteiger partial charge >= 0.3 is 12.4 Å². The summed E-state index contributed by atoms with van der Waals surface area (Å²) >= 11 is 0. The Morgan fingerprint density at radius 1 is 0.913 bits per heavy atom. The minimum absolute atomic E-state index is 0.0453. The molecular weight excluding hydrogens is 326 g/mol. The van der Waals surface area contributed by atoms with E-state index in [-0.39, 0.29) is 23.1 Å². The van der Waals surface area contributed by atoms with Gasteiger partial charge in [0.2, 0.25) is 0 Å². The molecule has 2 heterocycles. The number of nitrogens with one attached hydrogen (secondary N) is 1. The average molecular weight is 332 g/mol. The molecule has 0 radical (unpaired) electrons. The molecule has 10 heteroatoms. The van der Waals surface area contributed by atoms with Gasteiger partial charge in [0.25, 0.3) is 0 Å². The summed E-state index contributed by atoms with van der Waals surface area (Å²) in [6.07, 6.45) is -6.03. The van der Waals surface area contributed by atoms with Gasteiger partial charge in [-0.3, -0.25) is 4.98 Å². The van der Waals surface area contributed by atoms with Crippen LogP contribution in [0, 0.1) is 0 Å². The first-order valence-electron chi connectivity index (χ1n) is 6.11. The molecule has 0 saturated carbocycles. The molecule has 0 bridgehead atoms. The van der Waals surface area contributed by atoms with Gasteiger partial charge in [-0.1, -0.05) is 0 Å². The van der Waals surface area contributed by atoms with Crippen LogP contribution < -0.4 is 0 Å². The number of benzene rings is 1. The lowest BCUT2D eigenvalue weighted by Gasteiger charge is -2.11. The summed E-state index contributed by atoms with van der Waals surface area (Å²) in [4.78, 5) is 13.7. The molecule has 120 valence electrons. The van der Waals surface area contributed by atoms with Crippen molar-refractivity contribution in [3.63, 3.8) is 0 Å². The van der Waals surface area contributed by atoms with Crippen LogP contribution in [0.15, 0.2) is 30.7 Å². The number of H-pyrrole nitrogens is 1. The molecular formula is C13H6F6N4. The first kappa shape index (κ1) is 15.3. The van der Waals surface area contributed by atoms with Crippen molar-refractivity contribution in [3.8, 4) is 11.5 Å². The normalized spacial score (nSPS) is 12.8. The average Bonchev–Trinajstić information content (AvgIpc) is 2.89. The van der Waals surface area contributed by atoms with Gasteiger partial charge in [-0.2, -0.15) is 26.3 Å². The number of hydrogen-bond donors (Lipinski definition) is 1. The van der Waals surface area contributed by atoms with E-state index in [4.69, 9.17) is 0 Å². The van der Waals surface area contributed by atoms with Crippen molar-refractivity contribution in [2.75, 3.05) is 0 Å². The molecule has 2 aromatic heterocycles.